The largest absolute Gasteiger partial charge is 0.374 e. The van der Waals surface area contributed by atoms with Crippen LogP contribution in [-0.2, 0) is 12.8 Å². The Kier molecular flexibility index (Phi) is 5.26. The lowest BCUT2D eigenvalue weighted by molar-refractivity contribution is 0.381. The van der Waals surface area contributed by atoms with Crippen LogP contribution in [0.15, 0.2) is 18.2 Å². The second-order valence-electron chi connectivity index (χ2n) is 5.72. The number of aryl methyl sites for hydroxylation is 2. The summed E-state index contributed by atoms with van der Waals surface area (Å²) in [6.45, 7) is 8.08. The van der Waals surface area contributed by atoms with Gasteiger partial charge in [0.2, 0.25) is 0 Å². The predicted octanol–water partition coefficient (Wildman–Crippen LogP) is 3.25. The van der Waals surface area contributed by atoms with Crippen LogP contribution in [0.4, 0.5) is 5.69 Å². The molecule has 1 atom stereocenters. The van der Waals surface area contributed by atoms with E-state index in [1.54, 1.807) is 0 Å². The van der Waals surface area contributed by atoms with Gasteiger partial charge in [-0.1, -0.05) is 32.0 Å². The molecular formula is C17H28N2. The van der Waals surface area contributed by atoms with Crippen molar-refractivity contribution in [2.24, 2.45) is 5.92 Å². The average molecular weight is 260 g/mol. The summed E-state index contributed by atoms with van der Waals surface area (Å²) in [6.07, 6.45) is 4.94. The van der Waals surface area contributed by atoms with Crippen LogP contribution < -0.4 is 10.2 Å². The number of piperidine rings is 1. The minimum Gasteiger partial charge on any atom is -0.374 e. The lowest BCUT2D eigenvalue weighted by Crippen LogP contribution is -2.37. The second-order valence-corrected chi connectivity index (χ2v) is 5.72. The van der Waals surface area contributed by atoms with E-state index in [4.69, 9.17) is 0 Å². The molecule has 2 nitrogen and oxygen atoms in total. The van der Waals surface area contributed by atoms with E-state index in [0.29, 0.717) is 0 Å². The van der Waals surface area contributed by atoms with Crippen molar-refractivity contribution in [3.8, 4) is 0 Å². The second kappa shape index (κ2) is 6.95. The fourth-order valence-corrected chi connectivity index (χ4v) is 3.26. The topological polar surface area (TPSA) is 15.3 Å². The van der Waals surface area contributed by atoms with Gasteiger partial charge >= 0.3 is 0 Å². The number of anilines is 1. The maximum atomic E-state index is 3.52. The van der Waals surface area contributed by atoms with Crippen LogP contribution >= 0.6 is 0 Å². The Labute approximate surface area is 118 Å². The molecule has 1 aromatic rings. The summed E-state index contributed by atoms with van der Waals surface area (Å²) >= 11 is 0. The van der Waals surface area contributed by atoms with Gasteiger partial charge in [0, 0.05) is 19.3 Å². The zero-order chi connectivity index (χ0) is 13.7. The monoisotopic (exact) mass is 260 g/mol. The molecule has 0 amide bonds. The van der Waals surface area contributed by atoms with E-state index in [-0.39, 0.29) is 0 Å². The third kappa shape index (κ3) is 3.50. The fourth-order valence-electron chi connectivity index (χ4n) is 3.26. The zero-order valence-electron chi connectivity index (χ0n) is 12.7. The van der Waals surface area contributed by atoms with Gasteiger partial charge in [0.1, 0.15) is 0 Å². The minimum atomic E-state index is 0.799. The summed E-state index contributed by atoms with van der Waals surface area (Å²) in [5.41, 5.74) is 4.47. The van der Waals surface area contributed by atoms with Gasteiger partial charge < -0.3 is 10.2 Å². The Balaban J connectivity index is 2.14. The van der Waals surface area contributed by atoms with E-state index in [1.165, 1.54) is 49.3 Å². The molecule has 0 aliphatic carbocycles. The first kappa shape index (κ1) is 14.4. The van der Waals surface area contributed by atoms with E-state index >= 15 is 0 Å². The van der Waals surface area contributed by atoms with Crippen LogP contribution in [0.25, 0.3) is 0 Å². The molecule has 1 saturated heterocycles. The highest BCUT2D eigenvalue weighted by Gasteiger charge is 2.17. The van der Waals surface area contributed by atoms with Crippen molar-refractivity contribution in [1.82, 2.24) is 5.32 Å². The van der Waals surface area contributed by atoms with Gasteiger partial charge in [-0.2, -0.15) is 0 Å². The third-order valence-corrected chi connectivity index (χ3v) is 4.28. The molecule has 1 aliphatic rings. The smallest absolute Gasteiger partial charge is 0.0428 e. The number of benzene rings is 1. The fraction of sp³-hybridized carbons (Fsp3) is 0.647. The summed E-state index contributed by atoms with van der Waals surface area (Å²) in [5, 5.41) is 3.52. The summed E-state index contributed by atoms with van der Waals surface area (Å²) < 4.78 is 0. The highest BCUT2D eigenvalue weighted by Crippen LogP contribution is 2.27. The number of hydrogen-bond donors (Lipinski definition) is 1. The van der Waals surface area contributed by atoms with Gasteiger partial charge in [-0.25, -0.2) is 0 Å². The van der Waals surface area contributed by atoms with Gasteiger partial charge in [-0.15, -0.1) is 0 Å². The lowest BCUT2D eigenvalue weighted by Gasteiger charge is -2.31. The molecule has 2 rings (SSSR count). The number of hydrogen-bond acceptors (Lipinski definition) is 2. The van der Waals surface area contributed by atoms with Crippen LogP contribution in [0.2, 0.25) is 0 Å². The summed E-state index contributed by atoms with van der Waals surface area (Å²) in [4.78, 5) is 2.50. The van der Waals surface area contributed by atoms with Crippen molar-refractivity contribution in [1.29, 1.82) is 0 Å². The van der Waals surface area contributed by atoms with Gasteiger partial charge in [0.25, 0.3) is 0 Å². The standard InChI is InChI=1S/C17H28N2/c1-4-15-9-6-10-16(5-2)17(15)19(3)13-14-8-7-11-18-12-14/h6,9-10,14,18H,4-5,7-8,11-13H2,1-3H3. The average Bonchev–Trinajstić information content (AvgIpc) is 2.47. The molecule has 1 aromatic carbocycles. The molecule has 1 unspecified atom stereocenters. The van der Waals surface area contributed by atoms with Crippen LogP contribution in [-0.4, -0.2) is 26.7 Å². The van der Waals surface area contributed by atoms with Crippen molar-refractivity contribution in [3.63, 3.8) is 0 Å². The number of nitrogens with one attached hydrogen (secondary N) is 1. The van der Waals surface area contributed by atoms with Gasteiger partial charge in [0.05, 0.1) is 0 Å². The molecular weight excluding hydrogens is 232 g/mol. The first-order valence-electron chi connectivity index (χ1n) is 7.78. The third-order valence-electron chi connectivity index (χ3n) is 4.28. The van der Waals surface area contributed by atoms with Crippen LogP contribution in [0.1, 0.15) is 37.8 Å². The Morgan fingerprint density at radius 3 is 2.42 bits per heavy atom. The first-order chi connectivity index (χ1) is 9.26. The zero-order valence-corrected chi connectivity index (χ0v) is 12.7. The number of nitrogens with zero attached hydrogens (tertiary/aromatic N) is 1. The molecule has 1 N–H and O–H groups in total. The summed E-state index contributed by atoms with van der Waals surface area (Å²) in [5.74, 6) is 0.799. The normalized spacial score (nSPS) is 19.4. The van der Waals surface area contributed by atoms with Crippen molar-refractivity contribution >= 4 is 5.69 Å². The maximum Gasteiger partial charge on any atom is 0.0428 e. The van der Waals surface area contributed by atoms with Crippen molar-refractivity contribution in [2.45, 2.75) is 39.5 Å². The lowest BCUT2D eigenvalue weighted by atomic mass is 9.97. The van der Waals surface area contributed by atoms with E-state index in [1.807, 2.05) is 0 Å². The Hall–Kier alpha value is -1.02. The first-order valence-corrected chi connectivity index (χ1v) is 7.78. The summed E-state index contributed by atoms with van der Waals surface area (Å²) in [6, 6.07) is 6.77. The minimum absolute atomic E-state index is 0.799. The Bertz CT molecular complexity index is 372. The Morgan fingerprint density at radius 2 is 1.89 bits per heavy atom. The van der Waals surface area contributed by atoms with E-state index in [2.05, 4.69) is 49.3 Å². The van der Waals surface area contributed by atoms with Crippen molar-refractivity contribution in [3.05, 3.63) is 29.3 Å². The highest BCUT2D eigenvalue weighted by atomic mass is 15.1. The molecule has 0 radical (unpaired) electrons. The van der Waals surface area contributed by atoms with Crippen molar-refractivity contribution in [2.75, 3.05) is 31.6 Å². The van der Waals surface area contributed by atoms with Gasteiger partial charge in [-0.05, 0) is 55.8 Å². The molecule has 1 fully saturated rings. The van der Waals surface area contributed by atoms with Gasteiger partial charge in [0.15, 0.2) is 0 Å². The molecule has 0 aromatic heterocycles. The van der Waals surface area contributed by atoms with Crippen LogP contribution in [0, 0.1) is 5.92 Å². The van der Waals surface area contributed by atoms with Gasteiger partial charge in [-0.3, -0.25) is 0 Å². The maximum absolute atomic E-state index is 3.52. The molecule has 19 heavy (non-hydrogen) atoms. The van der Waals surface area contributed by atoms with Crippen LogP contribution in [0.5, 0.6) is 0 Å². The molecule has 0 saturated carbocycles. The number of para-hydroxylation sites is 1. The molecule has 106 valence electrons. The van der Waals surface area contributed by atoms with E-state index in [0.717, 1.165) is 18.8 Å². The van der Waals surface area contributed by atoms with Crippen LogP contribution in [0.3, 0.4) is 0 Å². The Morgan fingerprint density at radius 1 is 1.21 bits per heavy atom. The van der Waals surface area contributed by atoms with E-state index < -0.39 is 0 Å². The van der Waals surface area contributed by atoms with E-state index in [9.17, 15) is 0 Å². The molecule has 1 aliphatic heterocycles. The predicted molar refractivity (Wildman–Crippen MR) is 84.1 cm³/mol. The molecule has 0 bridgehead atoms. The van der Waals surface area contributed by atoms with Crippen molar-refractivity contribution < 1.29 is 0 Å². The molecule has 2 heteroatoms. The summed E-state index contributed by atoms with van der Waals surface area (Å²) in [7, 11) is 2.27. The SMILES string of the molecule is CCc1cccc(CC)c1N(C)CC1CCCNC1. The molecule has 0 spiro atoms. The number of rotatable bonds is 5. The quantitative estimate of drug-likeness (QED) is 0.874. The highest BCUT2D eigenvalue weighted by molar-refractivity contribution is 5.59. The molecule has 1 heterocycles.